The summed E-state index contributed by atoms with van der Waals surface area (Å²) in [5, 5.41) is 2.18. The molecule has 1 unspecified atom stereocenters. The van der Waals surface area contributed by atoms with E-state index in [0.717, 1.165) is 23.3 Å². The van der Waals surface area contributed by atoms with Crippen LogP contribution < -0.4 is 5.32 Å². The minimum Gasteiger partial charge on any atom is -0.501 e. The molecule has 0 aliphatic carbocycles. The summed E-state index contributed by atoms with van der Waals surface area (Å²) in [6.45, 7) is 2.70. The van der Waals surface area contributed by atoms with Gasteiger partial charge in [-0.15, -0.1) is 0 Å². The Morgan fingerprint density at radius 1 is 1.19 bits per heavy atom. The van der Waals surface area contributed by atoms with Gasteiger partial charge >= 0.3 is 0 Å². The number of benzene rings is 1. The van der Waals surface area contributed by atoms with Crippen molar-refractivity contribution in [1.82, 2.24) is 10.2 Å². The quantitative estimate of drug-likeness (QED) is 0.477. The highest BCUT2D eigenvalue weighted by atomic mass is 16.5. The van der Waals surface area contributed by atoms with Gasteiger partial charge in [-0.25, -0.2) is 0 Å². The van der Waals surface area contributed by atoms with Crippen LogP contribution in [0.1, 0.15) is 58.9 Å². The molecule has 0 radical (unpaired) electrons. The molecule has 0 bridgehead atoms. The first-order valence-electron chi connectivity index (χ1n) is 8.66. The first kappa shape index (κ1) is 17.8. The molecule has 1 fully saturated rings. The smallest absolute Gasteiger partial charge is 0.262 e. The number of ether oxygens (including phenoxy) is 1. The van der Waals surface area contributed by atoms with Crippen molar-refractivity contribution in [3.05, 3.63) is 41.2 Å². The van der Waals surface area contributed by atoms with E-state index in [0.29, 0.717) is 6.61 Å². The summed E-state index contributed by atoms with van der Waals surface area (Å²) in [5.41, 5.74) is 1.26. The number of nitrogens with zero attached hydrogens (tertiary/aromatic N) is 1. The lowest BCUT2D eigenvalue weighted by Gasteiger charge is -2.27. The minimum atomic E-state index is -0.948. The topological polar surface area (TPSA) is 92.8 Å². The first-order chi connectivity index (χ1) is 12.5. The summed E-state index contributed by atoms with van der Waals surface area (Å²) < 4.78 is 5.36. The third-order valence-electron chi connectivity index (χ3n) is 4.44. The van der Waals surface area contributed by atoms with Crippen molar-refractivity contribution in [1.29, 1.82) is 0 Å². The van der Waals surface area contributed by atoms with Crippen LogP contribution in [0.15, 0.2) is 24.5 Å². The molecule has 136 valence electrons. The average molecular weight is 356 g/mol. The molecule has 3 rings (SSSR count). The molecule has 7 nitrogen and oxygen atoms in total. The van der Waals surface area contributed by atoms with Crippen molar-refractivity contribution < 1.29 is 23.9 Å². The van der Waals surface area contributed by atoms with Gasteiger partial charge in [-0.2, -0.15) is 0 Å². The molecule has 7 heteroatoms. The van der Waals surface area contributed by atoms with Crippen LogP contribution in [0.4, 0.5) is 0 Å². The van der Waals surface area contributed by atoms with E-state index in [9.17, 15) is 19.2 Å². The second-order valence-electron chi connectivity index (χ2n) is 6.28. The molecule has 1 atom stereocenters. The fourth-order valence-electron chi connectivity index (χ4n) is 3.01. The summed E-state index contributed by atoms with van der Waals surface area (Å²) in [6.07, 6.45) is 5.54. The number of hydrogen-bond donors (Lipinski definition) is 1. The lowest BCUT2D eigenvalue weighted by atomic mass is 10.0. The Bertz CT molecular complexity index is 799. The number of unbranched alkanes of at least 4 members (excludes halogenated alkanes) is 1. The summed E-state index contributed by atoms with van der Waals surface area (Å²) in [5.74, 6) is -2.02. The summed E-state index contributed by atoms with van der Waals surface area (Å²) in [6, 6.07) is 3.96. The van der Waals surface area contributed by atoms with Gasteiger partial charge in [0.1, 0.15) is 6.04 Å². The van der Waals surface area contributed by atoms with Gasteiger partial charge in [-0.3, -0.25) is 29.4 Å². The van der Waals surface area contributed by atoms with Crippen LogP contribution in [0.25, 0.3) is 6.08 Å². The van der Waals surface area contributed by atoms with Crippen molar-refractivity contribution in [2.24, 2.45) is 0 Å². The number of nitrogens with one attached hydrogen (secondary N) is 1. The van der Waals surface area contributed by atoms with Crippen LogP contribution in [-0.2, 0) is 14.3 Å². The van der Waals surface area contributed by atoms with E-state index in [1.165, 1.54) is 0 Å². The zero-order chi connectivity index (χ0) is 18.7. The fourth-order valence-corrected chi connectivity index (χ4v) is 3.01. The summed E-state index contributed by atoms with van der Waals surface area (Å²) in [7, 11) is 0. The minimum absolute atomic E-state index is 0.104. The Labute approximate surface area is 151 Å². The fraction of sp³-hybridized carbons (Fsp3) is 0.368. The Morgan fingerprint density at radius 2 is 1.96 bits per heavy atom. The molecule has 1 aromatic carbocycles. The second kappa shape index (κ2) is 7.51. The molecule has 1 N–H and O–H groups in total. The van der Waals surface area contributed by atoms with Crippen LogP contribution in [0, 0.1) is 0 Å². The standard InChI is InChI=1S/C19H20N2O5/c1-2-3-9-26-10-8-12-4-5-13-14(11-12)19(25)21(18(13)24)15-6-7-16(22)20-17(15)23/h4-5,8,10-11,15H,2-3,6-7,9H2,1H3,(H,20,22,23)/b10-8+. The van der Waals surface area contributed by atoms with E-state index in [1.807, 2.05) is 0 Å². The predicted octanol–water partition coefficient (Wildman–Crippen LogP) is 1.88. The van der Waals surface area contributed by atoms with Gasteiger partial charge in [0.05, 0.1) is 24.0 Å². The van der Waals surface area contributed by atoms with Gasteiger partial charge in [-0.1, -0.05) is 19.4 Å². The SMILES string of the molecule is CCCCO/C=C/c1ccc2c(c1)C(=O)N(C1CCC(=O)NC1=O)C2=O. The molecule has 1 saturated heterocycles. The lowest BCUT2D eigenvalue weighted by Crippen LogP contribution is -2.54. The maximum Gasteiger partial charge on any atom is 0.262 e. The molecule has 0 spiro atoms. The number of piperidine rings is 1. The Kier molecular flexibility index (Phi) is 5.16. The third kappa shape index (κ3) is 3.37. The van der Waals surface area contributed by atoms with Crippen molar-refractivity contribution >= 4 is 29.7 Å². The molecule has 4 amide bonds. The molecule has 0 saturated carbocycles. The summed E-state index contributed by atoms with van der Waals surface area (Å²) in [4.78, 5) is 49.5. The van der Waals surface area contributed by atoms with Crippen molar-refractivity contribution in [3.8, 4) is 0 Å². The molecule has 26 heavy (non-hydrogen) atoms. The molecular weight excluding hydrogens is 336 g/mol. The van der Waals surface area contributed by atoms with Crippen LogP contribution in [0.2, 0.25) is 0 Å². The highest BCUT2D eigenvalue weighted by Crippen LogP contribution is 2.28. The maximum absolute atomic E-state index is 12.7. The normalized spacial score (nSPS) is 19.9. The third-order valence-corrected chi connectivity index (χ3v) is 4.44. The maximum atomic E-state index is 12.7. The van der Waals surface area contributed by atoms with E-state index in [1.54, 1.807) is 30.5 Å². The highest BCUT2D eigenvalue weighted by Gasteiger charge is 2.44. The number of fused-ring (bicyclic) bond motifs is 1. The number of amides is 4. The van der Waals surface area contributed by atoms with Gasteiger partial charge in [0.2, 0.25) is 11.8 Å². The number of carbonyl (C=O) groups excluding carboxylic acids is 4. The number of carbonyl (C=O) groups is 4. The van der Waals surface area contributed by atoms with Crippen LogP contribution >= 0.6 is 0 Å². The second-order valence-corrected chi connectivity index (χ2v) is 6.28. The monoisotopic (exact) mass is 356 g/mol. The van der Waals surface area contributed by atoms with Crippen molar-refractivity contribution in [2.45, 2.75) is 38.6 Å². The van der Waals surface area contributed by atoms with Crippen LogP contribution in [-0.4, -0.2) is 41.2 Å². The molecule has 2 aliphatic heterocycles. The Morgan fingerprint density at radius 3 is 2.69 bits per heavy atom. The average Bonchev–Trinajstić information content (AvgIpc) is 2.86. The zero-order valence-corrected chi connectivity index (χ0v) is 14.5. The van der Waals surface area contributed by atoms with Crippen LogP contribution in [0.5, 0.6) is 0 Å². The molecule has 0 aromatic heterocycles. The number of rotatable bonds is 6. The number of hydrogen-bond acceptors (Lipinski definition) is 5. The van der Waals surface area contributed by atoms with Gasteiger partial charge < -0.3 is 4.74 Å². The van der Waals surface area contributed by atoms with Gasteiger partial charge in [0.15, 0.2) is 0 Å². The molecule has 1 aromatic rings. The Balaban J connectivity index is 1.77. The van der Waals surface area contributed by atoms with E-state index in [4.69, 9.17) is 4.74 Å². The zero-order valence-electron chi connectivity index (χ0n) is 14.5. The van der Waals surface area contributed by atoms with Crippen LogP contribution in [0.3, 0.4) is 0 Å². The lowest BCUT2D eigenvalue weighted by molar-refractivity contribution is -0.136. The van der Waals surface area contributed by atoms with Gasteiger partial charge in [0.25, 0.3) is 11.8 Å². The predicted molar refractivity (Wildman–Crippen MR) is 93.0 cm³/mol. The largest absolute Gasteiger partial charge is 0.501 e. The van der Waals surface area contributed by atoms with Crippen molar-refractivity contribution in [3.63, 3.8) is 0 Å². The van der Waals surface area contributed by atoms with E-state index < -0.39 is 29.7 Å². The van der Waals surface area contributed by atoms with E-state index in [2.05, 4.69) is 12.2 Å². The molecular formula is C19H20N2O5. The van der Waals surface area contributed by atoms with Gasteiger partial charge in [0, 0.05) is 6.42 Å². The highest BCUT2D eigenvalue weighted by molar-refractivity contribution is 6.23. The summed E-state index contributed by atoms with van der Waals surface area (Å²) >= 11 is 0. The van der Waals surface area contributed by atoms with Gasteiger partial charge in [-0.05, 0) is 36.6 Å². The Hall–Kier alpha value is -2.96. The first-order valence-corrected chi connectivity index (χ1v) is 8.66. The number of imide groups is 2. The molecule has 2 aliphatic rings. The van der Waals surface area contributed by atoms with E-state index >= 15 is 0 Å². The molecule has 2 heterocycles. The van der Waals surface area contributed by atoms with E-state index in [-0.39, 0.29) is 24.0 Å². The van der Waals surface area contributed by atoms with Crippen molar-refractivity contribution in [2.75, 3.05) is 6.61 Å².